The summed E-state index contributed by atoms with van der Waals surface area (Å²) in [4.78, 5) is 9.06. The number of benzene rings is 1. The normalized spacial score (nSPS) is 13.5. The van der Waals surface area contributed by atoms with Crippen LogP contribution >= 0.6 is 0 Å². The molecular formula is C20H23N7O3. The summed E-state index contributed by atoms with van der Waals surface area (Å²) in [6.45, 7) is 4.40. The second-order valence-corrected chi connectivity index (χ2v) is 6.81. The van der Waals surface area contributed by atoms with Crippen molar-refractivity contribution in [1.82, 2.24) is 24.8 Å². The van der Waals surface area contributed by atoms with Gasteiger partial charge in [-0.25, -0.2) is 9.61 Å². The largest absolute Gasteiger partial charge is 0.480 e. The Hall–Kier alpha value is -3.50. The fraction of sp³-hybridized carbons (Fsp3) is 0.300. The van der Waals surface area contributed by atoms with Crippen molar-refractivity contribution >= 4 is 16.9 Å². The quantitative estimate of drug-likeness (QED) is 0.417. The van der Waals surface area contributed by atoms with Crippen LogP contribution in [0.15, 0.2) is 41.2 Å². The van der Waals surface area contributed by atoms with Gasteiger partial charge in [-0.05, 0) is 29.7 Å². The number of nitrogens with zero attached hydrogens (tertiary/aromatic N) is 5. The molecule has 0 bridgehead atoms. The molecule has 1 aromatic carbocycles. The Morgan fingerprint density at radius 1 is 1.23 bits per heavy atom. The van der Waals surface area contributed by atoms with Crippen molar-refractivity contribution in [3.05, 3.63) is 47.8 Å². The molecule has 0 spiro atoms. The van der Waals surface area contributed by atoms with Crippen LogP contribution in [0, 0.1) is 0 Å². The molecule has 2 atom stereocenters. The topological polar surface area (TPSA) is 151 Å². The standard InChI is InChI=1S/C20H23N7O3/c1-3-27-18-14(29-13(9-21)12-7-5-4-6-8-12)10-23-15(11(2)28)16(18)24-20(27)17-19(22)26-30-25-17/h4-8,10-11,13,28H,3,9,21H2,1-2H3,(H2,22,26)/t11-,13-/m1/s1. The Morgan fingerprint density at radius 2 is 2.00 bits per heavy atom. The van der Waals surface area contributed by atoms with Crippen molar-refractivity contribution in [3.8, 4) is 17.3 Å². The van der Waals surface area contributed by atoms with Gasteiger partial charge in [0.25, 0.3) is 0 Å². The van der Waals surface area contributed by atoms with Gasteiger partial charge in [-0.1, -0.05) is 30.3 Å². The second kappa shape index (κ2) is 8.09. The number of aryl methyl sites for hydroxylation is 1. The molecule has 0 unspecified atom stereocenters. The van der Waals surface area contributed by atoms with Crippen LogP contribution in [-0.2, 0) is 6.54 Å². The van der Waals surface area contributed by atoms with Gasteiger partial charge in [0, 0.05) is 13.1 Å². The van der Waals surface area contributed by atoms with Crippen molar-refractivity contribution in [2.24, 2.45) is 5.73 Å². The second-order valence-electron chi connectivity index (χ2n) is 6.81. The van der Waals surface area contributed by atoms with Crippen LogP contribution in [0.2, 0.25) is 0 Å². The molecule has 3 heterocycles. The number of imidazole rings is 1. The van der Waals surface area contributed by atoms with Gasteiger partial charge in [-0.15, -0.1) is 0 Å². The zero-order chi connectivity index (χ0) is 21.3. The molecule has 0 amide bonds. The van der Waals surface area contributed by atoms with E-state index in [4.69, 9.17) is 20.8 Å². The van der Waals surface area contributed by atoms with Gasteiger partial charge < -0.3 is 25.9 Å². The number of rotatable bonds is 7. The summed E-state index contributed by atoms with van der Waals surface area (Å²) in [5, 5.41) is 17.8. The summed E-state index contributed by atoms with van der Waals surface area (Å²) in [7, 11) is 0. The fourth-order valence-corrected chi connectivity index (χ4v) is 3.44. The number of pyridine rings is 1. The van der Waals surface area contributed by atoms with E-state index >= 15 is 0 Å². The first-order valence-corrected chi connectivity index (χ1v) is 9.62. The highest BCUT2D eigenvalue weighted by molar-refractivity contribution is 5.88. The van der Waals surface area contributed by atoms with E-state index in [2.05, 4.69) is 20.3 Å². The summed E-state index contributed by atoms with van der Waals surface area (Å²) in [5.74, 6) is 1.07. The van der Waals surface area contributed by atoms with Crippen molar-refractivity contribution in [1.29, 1.82) is 0 Å². The molecule has 0 fully saturated rings. The Morgan fingerprint density at radius 3 is 2.60 bits per heavy atom. The van der Waals surface area contributed by atoms with Crippen LogP contribution in [-0.4, -0.2) is 36.5 Å². The highest BCUT2D eigenvalue weighted by Crippen LogP contribution is 2.36. The maximum absolute atomic E-state index is 10.2. The zero-order valence-corrected chi connectivity index (χ0v) is 16.7. The first-order valence-electron chi connectivity index (χ1n) is 9.62. The molecule has 0 saturated heterocycles. The number of aliphatic hydroxyl groups is 1. The molecule has 0 saturated carbocycles. The summed E-state index contributed by atoms with van der Waals surface area (Å²) >= 11 is 0. The number of aromatic nitrogens is 5. The van der Waals surface area contributed by atoms with Crippen LogP contribution in [0.1, 0.15) is 37.3 Å². The van der Waals surface area contributed by atoms with E-state index in [1.165, 1.54) is 0 Å². The van der Waals surface area contributed by atoms with Gasteiger partial charge in [-0.2, -0.15) is 0 Å². The third-order valence-corrected chi connectivity index (χ3v) is 4.86. The highest BCUT2D eigenvalue weighted by atomic mass is 16.6. The van der Waals surface area contributed by atoms with E-state index in [9.17, 15) is 5.11 Å². The van der Waals surface area contributed by atoms with Crippen molar-refractivity contribution in [2.45, 2.75) is 32.6 Å². The summed E-state index contributed by atoms with van der Waals surface area (Å²) in [6.07, 6.45) is 0.371. The van der Waals surface area contributed by atoms with Crippen molar-refractivity contribution in [2.75, 3.05) is 12.3 Å². The van der Waals surface area contributed by atoms with Crippen LogP contribution in [0.5, 0.6) is 5.75 Å². The number of hydrogen-bond acceptors (Lipinski definition) is 9. The number of hydrogen-bond donors (Lipinski definition) is 3. The lowest BCUT2D eigenvalue weighted by Gasteiger charge is -2.19. The van der Waals surface area contributed by atoms with Crippen LogP contribution in [0.4, 0.5) is 5.82 Å². The molecule has 0 aliphatic rings. The number of nitrogens with two attached hydrogens (primary N) is 2. The average molecular weight is 409 g/mol. The first-order chi connectivity index (χ1) is 14.5. The van der Waals surface area contributed by atoms with E-state index in [0.717, 1.165) is 5.56 Å². The maximum atomic E-state index is 10.2. The minimum Gasteiger partial charge on any atom is -0.480 e. The van der Waals surface area contributed by atoms with Gasteiger partial charge >= 0.3 is 0 Å². The van der Waals surface area contributed by atoms with Crippen LogP contribution in [0.25, 0.3) is 22.6 Å². The average Bonchev–Trinajstić information content (AvgIpc) is 3.35. The zero-order valence-electron chi connectivity index (χ0n) is 16.7. The summed E-state index contributed by atoms with van der Waals surface area (Å²) in [5.41, 5.74) is 14.7. The van der Waals surface area contributed by atoms with E-state index in [0.29, 0.717) is 40.5 Å². The van der Waals surface area contributed by atoms with Gasteiger partial charge in [0.15, 0.2) is 23.1 Å². The Labute approximate surface area is 172 Å². The van der Waals surface area contributed by atoms with Gasteiger partial charge in [0.1, 0.15) is 17.1 Å². The molecule has 4 aromatic rings. The van der Waals surface area contributed by atoms with E-state index < -0.39 is 6.10 Å². The number of ether oxygens (including phenoxy) is 1. The molecule has 5 N–H and O–H groups in total. The van der Waals surface area contributed by atoms with Crippen LogP contribution in [0.3, 0.4) is 0 Å². The predicted octanol–water partition coefficient (Wildman–Crippen LogP) is 2.22. The molecule has 0 radical (unpaired) electrons. The monoisotopic (exact) mass is 409 g/mol. The molecule has 30 heavy (non-hydrogen) atoms. The van der Waals surface area contributed by atoms with Gasteiger partial charge in [0.2, 0.25) is 0 Å². The molecule has 0 aliphatic carbocycles. The lowest BCUT2D eigenvalue weighted by Crippen LogP contribution is -2.19. The Kier molecular flexibility index (Phi) is 5.34. The number of nitrogen functional groups attached to an aromatic ring is 1. The molecule has 0 aliphatic heterocycles. The lowest BCUT2D eigenvalue weighted by atomic mass is 10.1. The number of anilines is 1. The molecule has 10 nitrogen and oxygen atoms in total. The summed E-state index contributed by atoms with van der Waals surface area (Å²) in [6, 6.07) is 9.71. The smallest absolute Gasteiger partial charge is 0.199 e. The van der Waals surface area contributed by atoms with Crippen LogP contribution < -0.4 is 16.2 Å². The fourth-order valence-electron chi connectivity index (χ4n) is 3.44. The summed E-state index contributed by atoms with van der Waals surface area (Å²) < 4.78 is 12.9. The Bertz CT molecular complexity index is 1150. The first kappa shape index (κ1) is 19.8. The molecule has 156 valence electrons. The van der Waals surface area contributed by atoms with Gasteiger partial charge in [0.05, 0.1) is 18.0 Å². The number of aliphatic hydroxyl groups excluding tert-OH is 1. The molecule has 3 aromatic heterocycles. The predicted molar refractivity (Wildman–Crippen MR) is 110 cm³/mol. The van der Waals surface area contributed by atoms with Gasteiger partial charge in [-0.3, -0.25) is 4.98 Å². The Balaban J connectivity index is 1.91. The maximum Gasteiger partial charge on any atom is 0.199 e. The minimum atomic E-state index is -0.832. The highest BCUT2D eigenvalue weighted by Gasteiger charge is 2.25. The lowest BCUT2D eigenvalue weighted by molar-refractivity contribution is 0.194. The third kappa shape index (κ3) is 3.36. The molecule has 10 heteroatoms. The molecular weight excluding hydrogens is 386 g/mol. The van der Waals surface area contributed by atoms with E-state index in [-0.39, 0.29) is 18.5 Å². The number of fused-ring (bicyclic) bond motifs is 1. The van der Waals surface area contributed by atoms with E-state index in [1.54, 1.807) is 13.1 Å². The molecule has 4 rings (SSSR count). The minimum absolute atomic E-state index is 0.123. The third-order valence-electron chi connectivity index (χ3n) is 4.86. The van der Waals surface area contributed by atoms with E-state index in [1.807, 2.05) is 41.8 Å². The van der Waals surface area contributed by atoms with Crippen molar-refractivity contribution < 1.29 is 14.5 Å². The SMILES string of the molecule is CCn1c(-c2nonc2N)nc2c([C@@H](C)O)ncc(O[C@H](CN)c3ccccc3)c21. The van der Waals surface area contributed by atoms with Crippen molar-refractivity contribution in [3.63, 3.8) is 0 Å².